The van der Waals surface area contributed by atoms with Crippen LogP contribution in [0.1, 0.15) is 11.3 Å². The molecule has 7 heteroatoms. The van der Waals surface area contributed by atoms with Gasteiger partial charge in [0.1, 0.15) is 5.41 Å². The summed E-state index contributed by atoms with van der Waals surface area (Å²) in [5.41, 5.74) is -0.867. The number of aliphatic carboxylic acids is 1. The second kappa shape index (κ2) is 6.59. The molecule has 0 radical (unpaired) electrons. The van der Waals surface area contributed by atoms with Crippen LogP contribution in [0.2, 0.25) is 0 Å². The minimum atomic E-state index is -0.867. The largest absolute Gasteiger partial charge is 0.481 e. The van der Waals surface area contributed by atoms with E-state index in [1.54, 1.807) is 16.2 Å². The number of aliphatic hydroxyl groups excluding tert-OH is 1. The van der Waals surface area contributed by atoms with Crippen molar-refractivity contribution in [3.8, 4) is 0 Å². The van der Waals surface area contributed by atoms with E-state index < -0.39 is 11.4 Å². The molecule has 6 nitrogen and oxygen atoms in total. The lowest BCUT2D eigenvalue weighted by Gasteiger charge is -2.25. The highest BCUT2D eigenvalue weighted by Crippen LogP contribution is 2.42. The van der Waals surface area contributed by atoms with Crippen LogP contribution in [0, 0.1) is 11.3 Å². The first-order valence-corrected chi connectivity index (χ1v) is 8.80. The molecule has 2 aliphatic rings. The summed E-state index contributed by atoms with van der Waals surface area (Å²) in [6, 6.07) is 3.99. The minimum absolute atomic E-state index is 0.0336. The van der Waals surface area contributed by atoms with Gasteiger partial charge in [0.25, 0.3) is 0 Å². The molecule has 0 aromatic carbocycles. The first kappa shape index (κ1) is 16.4. The molecule has 3 rings (SSSR count). The molecule has 0 bridgehead atoms. The summed E-state index contributed by atoms with van der Waals surface area (Å²) in [7, 11) is 0. The molecule has 1 aromatic heterocycles. The van der Waals surface area contributed by atoms with Crippen LogP contribution in [0.25, 0.3) is 0 Å². The van der Waals surface area contributed by atoms with Crippen LogP contribution in [0.4, 0.5) is 0 Å². The third-order valence-electron chi connectivity index (χ3n) is 5.04. The number of aliphatic hydroxyl groups is 1. The molecule has 126 valence electrons. The Morgan fingerprint density at radius 2 is 2.17 bits per heavy atom. The molecule has 2 saturated heterocycles. The maximum atomic E-state index is 12.4. The SMILES string of the molecule is O=C(CCc1cccs1)N1C[C@H]2CN(CCO)C[C@@]2(C(=O)O)C1. The van der Waals surface area contributed by atoms with Crippen molar-refractivity contribution in [2.24, 2.45) is 11.3 Å². The predicted molar refractivity (Wildman–Crippen MR) is 86.3 cm³/mol. The summed E-state index contributed by atoms with van der Waals surface area (Å²) < 4.78 is 0. The van der Waals surface area contributed by atoms with Gasteiger partial charge in [-0.15, -0.1) is 11.3 Å². The van der Waals surface area contributed by atoms with E-state index in [4.69, 9.17) is 5.11 Å². The van der Waals surface area contributed by atoms with E-state index in [2.05, 4.69) is 0 Å². The van der Waals surface area contributed by atoms with Gasteiger partial charge in [0.05, 0.1) is 6.61 Å². The van der Waals surface area contributed by atoms with E-state index in [-0.39, 0.29) is 25.0 Å². The van der Waals surface area contributed by atoms with Crippen molar-refractivity contribution < 1.29 is 19.8 Å². The molecule has 0 spiro atoms. The van der Waals surface area contributed by atoms with E-state index in [0.29, 0.717) is 39.0 Å². The number of thiophene rings is 1. The van der Waals surface area contributed by atoms with E-state index in [0.717, 1.165) is 0 Å². The summed E-state index contributed by atoms with van der Waals surface area (Å²) in [6.45, 7) is 2.39. The van der Waals surface area contributed by atoms with E-state index in [1.807, 2.05) is 22.4 Å². The summed E-state index contributed by atoms with van der Waals surface area (Å²) in [4.78, 5) is 29.2. The highest BCUT2D eigenvalue weighted by Gasteiger charge is 2.58. The number of hydrogen-bond acceptors (Lipinski definition) is 5. The van der Waals surface area contributed by atoms with E-state index in [1.165, 1.54) is 4.88 Å². The molecule has 3 heterocycles. The maximum absolute atomic E-state index is 12.4. The molecule has 0 unspecified atom stereocenters. The molecule has 23 heavy (non-hydrogen) atoms. The number of carboxylic acids is 1. The van der Waals surface area contributed by atoms with Crippen molar-refractivity contribution in [2.45, 2.75) is 12.8 Å². The molecule has 1 aromatic rings. The normalized spacial score (nSPS) is 27.3. The molecule has 2 aliphatic heterocycles. The Hall–Kier alpha value is -1.44. The Labute approximate surface area is 139 Å². The average Bonchev–Trinajstić information content (AvgIpc) is 3.19. The third-order valence-corrected chi connectivity index (χ3v) is 5.98. The number of carboxylic acid groups (broad SMARTS) is 1. The zero-order valence-electron chi connectivity index (χ0n) is 13.0. The number of aryl methyl sites for hydroxylation is 1. The van der Waals surface area contributed by atoms with Crippen LogP contribution in [0.5, 0.6) is 0 Å². The number of hydrogen-bond donors (Lipinski definition) is 2. The van der Waals surface area contributed by atoms with Gasteiger partial charge in [-0.3, -0.25) is 14.5 Å². The van der Waals surface area contributed by atoms with Gasteiger partial charge in [-0.2, -0.15) is 0 Å². The van der Waals surface area contributed by atoms with Crippen LogP contribution in [-0.2, 0) is 16.0 Å². The quantitative estimate of drug-likeness (QED) is 0.790. The fourth-order valence-electron chi connectivity index (χ4n) is 3.82. The van der Waals surface area contributed by atoms with Gasteiger partial charge in [0.15, 0.2) is 0 Å². The Balaban J connectivity index is 1.62. The smallest absolute Gasteiger partial charge is 0.313 e. The molecule has 2 atom stereocenters. The number of fused-ring (bicyclic) bond motifs is 1. The Morgan fingerprint density at radius 1 is 1.35 bits per heavy atom. The number of carbonyl (C=O) groups excluding carboxylic acids is 1. The monoisotopic (exact) mass is 338 g/mol. The van der Waals surface area contributed by atoms with Gasteiger partial charge in [0, 0.05) is 49.9 Å². The third kappa shape index (κ3) is 3.13. The molecule has 0 saturated carbocycles. The Bertz CT molecular complexity index is 577. The second-order valence-electron chi connectivity index (χ2n) is 6.47. The lowest BCUT2D eigenvalue weighted by atomic mass is 9.81. The second-order valence-corrected chi connectivity index (χ2v) is 7.50. The summed E-state index contributed by atoms with van der Waals surface area (Å²) in [6.07, 6.45) is 1.15. The average molecular weight is 338 g/mol. The Kier molecular flexibility index (Phi) is 4.70. The lowest BCUT2D eigenvalue weighted by Crippen LogP contribution is -2.42. The van der Waals surface area contributed by atoms with Crippen LogP contribution >= 0.6 is 11.3 Å². The van der Waals surface area contributed by atoms with Gasteiger partial charge in [-0.25, -0.2) is 0 Å². The highest BCUT2D eigenvalue weighted by atomic mass is 32.1. The molecule has 2 fully saturated rings. The fraction of sp³-hybridized carbons (Fsp3) is 0.625. The zero-order valence-corrected chi connectivity index (χ0v) is 13.8. The topological polar surface area (TPSA) is 81.1 Å². The molecule has 0 aliphatic carbocycles. The number of rotatable bonds is 6. The highest BCUT2D eigenvalue weighted by molar-refractivity contribution is 7.09. The first-order chi connectivity index (χ1) is 11.0. The van der Waals surface area contributed by atoms with Crippen molar-refractivity contribution >= 4 is 23.2 Å². The maximum Gasteiger partial charge on any atom is 0.313 e. The van der Waals surface area contributed by atoms with Crippen LogP contribution in [0.15, 0.2) is 17.5 Å². The van der Waals surface area contributed by atoms with Crippen molar-refractivity contribution in [3.05, 3.63) is 22.4 Å². The number of likely N-dealkylation sites (tertiary alicyclic amines) is 2. The van der Waals surface area contributed by atoms with Crippen LogP contribution in [-0.4, -0.2) is 71.2 Å². The van der Waals surface area contributed by atoms with Crippen LogP contribution < -0.4 is 0 Å². The summed E-state index contributed by atoms with van der Waals surface area (Å²) >= 11 is 1.64. The summed E-state index contributed by atoms with van der Waals surface area (Å²) in [5, 5.41) is 20.8. The standard InChI is InChI=1S/C16H22N2O4S/c19-6-5-17-8-12-9-18(11-16(12,10-17)15(21)22)14(20)4-3-13-2-1-7-23-13/h1-2,7,12,19H,3-6,8-11H2,(H,21,22)/t12-,16-/m1/s1. The molecular formula is C16H22N2O4S. The van der Waals surface area contributed by atoms with Gasteiger partial charge >= 0.3 is 5.97 Å². The minimum Gasteiger partial charge on any atom is -0.481 e. The number of amides is 1. The van der Waals surface area contributed by atoms with E-state index >= 15 is 0 Å². The number of carbonyl (C=O) groups is 2. The molecule has 1 amide bonds. The van der Waals surface area contributed by atoms with Crippen molar-refractivity contribution in [2.75, 3.05) is 39.3 Å². The fourth-order valence-corrected chi connectivity index (χ4v) is 4.53. The summed E-state index contributed by atoms with van der Waals surface area (Å²) in [5.74, 6) is -0.823. The lowest BCUT2D eigenvalue weighted by molar-refractivity contribution is -0.149. The zero-order chi connectivity index (χ0) is 16.4. The Morgan fingerprint density at radius 3 is 2.78 bits per heavy atom. The van der Waals surface area contributed by atoms with Gasteiger partial charge in [-0.05, 0) is 17.9 Å². The van der Waals surface area contributed by atoms with Crippen molar-refractivity contribution in [3.63, 3.8) is 0 Å². The predicted octanol–water partition coefficient (Wildman–Crippen LogP) is 0.518. The van der Waals surface area contributed by atoms with Gasteiger partial charge < -0.3 is 15.1 Å². The molecular weight excluding hydrogens is 316 g/mol. The first-order valence-electron chi connectivity index (χ1n) is 7.92. The van der Waals surface area contributed by atoms with Gasteiger partial charge in [0.2, 0.25) is 5.91 Å². The number of nitrogens with zero attached hydrogens (tertiary/aromatic N) is 2. The number of β-amino-alcohol motifs (C(OH)–C–C–N with tert-alkyl or cyclic N) is 1. The van der Waals surface area contributed by atoms with Gasteiger partial charge in [-0.1, -0.05) is 6.07 Å². The molecule has 2 N–H and O–H groups in total. The van der Waals surface area contributed by atoms with Crippen LogP contribution in [0.3, 0.4) is 0 Å². The van der Waals surface area contributed by atoms with Crippen molar-refractivity contribution in [1.82, 2.24) is 9.80 Å². The van der Waals surface area contributed by atoms with Crippen molar-refractivity contribution in [1.29, 1.82) is 0 Å². The van der Waals surface area contributed by atoms with E-state index in [9.17, 15) is 14.7 Å².